The maximum atomic E-state index is 12.6. The summed E-state index contributed by atoms with van der Waals surface area (Å²) < 4.78 is 1.84. The van der Waals surface area contributed by atoms with E-state index in [-0.39, 0.29) is 5.91 Å². The first kappa shape index (κ1) is 12.3. The number of imidazole rings is 1. The number of pyridine rings is 1. The molecule has 0 atom stereocenters. The lowest BCUT2D eigenvalue weighted by molar-refractivity contribution is 0.0989. The highest BCUT2D eigenvalue weighted by molar-refractivity contribution is 6.08. The second-order valence-electron chi connectivity index (χ2n) is 4.47. The molecule has 0 aromatic carbocycles. The first-order chi connectivity index (χ1) is 9.68. The fraction of sp³-hybridized carbons (Fsp3) is 0.143. The number of carbonyl (C=O) groups excluding carboxylic acids is 1. The maximum Gasteiger partial charge on any atom is 0.280 e. The van der Waals surface area contributed by atoms with Crippen LogP contribution >= 0.6 is 0 Å². The Morgan fingerprint density at radius 1 is 1.30 bits per heavy atom. The van der Waals surface area contributed by atoms with Gasteiger partial charge in [0.05, 0.1) is 11.7 Å². The van der Waals surface area contributed by atoms with Crippen molar-refractivity contribution in [3.63, 3.8) is 0 Å². The summed E-state index contributed by atoms with van der Waals surface area (Å²) in [4.78, 5) is 26.3. The molecule has 6 nitrogen and oxygen atoms in total. The largest absolute Gasteiger partial charge is 0.305 e. The van der Waals surface area contributed by atoms with Crippen LogP contribution in [0.3, 0.4) is 0 Å². The van der Waals surface area contributed by atoms with Gasteiger partial charge in [-0.15, -0.1) is 0 Å². The Kier molecular flexibility index (Phi) is 2.90. The SMILES string of the molecule is Cc1cccn2cnc(C(=O)N(C)c3cnccn3)c12. The van der Waals surface area contributed by atoms with Crippen molar-refractivity contribution >= 4 is 17.2 Å². The molecule has 1 amide bonds. The molecule has 0 saturated heterocycles. The molecule has 100 valence electrons. The number of hydrogen-bond acceptors (Lipinski definition) is 4. The number of anilines is 1. The lowest BCUT2D eigenvalue weighted by atomic mass is 10.2. The molecule has 0 aliphatic rings. The van der Waals surface area contributed by atoms with Gasteiger partial charge in [0.1, 0.15) is 6.33 Å². The third-order valence-corrected chi connectivity index (χ3v) is 3.16. The van der Waals surface area contributed by atoms with E-state index in [1.54, 1.807) is 32.0 Å². The van der Waals surface area contributed by atoms with Gasteiger partial charge in [0.15, 0.2) is 11.5 Å². The van der Waals surface area contributed by atoms with Gasteiger partial charge in [-0.2, -0.15) is 0 Å². The van der Waals surface area contributed by atoms with Gasteiger partial charge in [-0.05, 0) is 18.6 Å². The van der Waals surface area contributed by atoms with E-state index in [0.717, 1.165) is 11.1 Å². The Bertz CT molecular complexity index is 766. The molecule has 6 heteroatoms. The van der Waals surface area contributed by atoms with E-state index in [4.69, 9.17) is 0 Å². The zero-order valence-electron chi connectivity index (χ0n) is 11.2. The van der Waals surface area contributed by atoms with Crippen LogP contribution in [0, 0.1) is 6.92 Å². The number of nitrogens with zero attached hydrogens (tertiary/aromatic N) is 5. The molecule has 0 radical (unpaired) electrons. The third kappa shape index (κ3) is 1.91. The number of aromatic nitrogens is 4. The van der Waals surface area contributed by atoms with Crippen LogP contribution in [0.1, 0.15) is 16.1 Å². The average molecular weight is 267 g/mol. The summed E-state index contributed by atoms with van der Waals surface area (Å²) in [5.41, 5.74) is 2.23. The van der Waals surface area contributed by atoms with Crippen LogP contribution in [0.4, 0.5) is 5.82 Å². The monoisotopic (exact) mass is 267 g/mol. The van der Waals surface area contributed by atoms with Crippen molar-refractivity contribution < 1.29 is 4.79 Å². The molecule has 0 fully saturated rings. The Morgan fingerprint density at radius 2 is 2.15 bits per heavy atom. The van der Waals surface area contributed by atoms with Crippen LogP contribution in [-0.4, -0.2) is 32.3 Å². The van der Waals surface area contributed by atoms with Crippen LogP contribution in [0.2, 0.25) is 0 Å². The van der Waals surface area contributed by atoms with Gasteiger partial charge in [0.25, 0.3) is 5.91 Å². The van der Waals surface area contributed by atoms with E-state index in [1.807, 2.05) is 29.7 Å². The number of aryl methyl sites for hydroxylation is 1. The quantitative estimate of drug-likeness (QED) is 0.709. The molecule has 3 aromatic heterocycles. The molecule has 0 N–H and O–H groups in total. The number of fused-ring (bicyclic) bond motifs is 1. The van der Waals surface area contributed by atoms with Crippen LogP contribution < -0.4 is 4.90 Å². The van der Waals surface area contributed by atoms with Crippen LogP contribution in [-0.2, 0) is 0 Å². The smallest absolute Gasteiger partial charge is 0.280 e. The summed E-state index contributed by atoms with van der Waals surface area (Å²) in [6.07, 6.45) is 8.17. The lowest BCUT2D eigenvalue weighted by Crippen LogP contribution is -2.27. The Morgan fingerprint density at radius 3 is 2.90 bits per heavy atom. The zero-order chi connectivity index (χ0) is 14.1. The maximum absolute atomic E-state index is 12.6. The molecule has 0 aliphatic heterocycles. The van der Waals surface area contributed by atoms with Gasteiger partial charge >= 0.3 is 0 Å². The van der Waals surface area contributed by atoms with Crippen molar-refractivity contribution in [2.24, 2.45) is 0 Å². The van der Waals surface area contributed by atoms with E-state index < -0.39 is 0 Å². The second kappa shape index (κ2) is 4.73. The Hall–Kier alpha value is -2.76. The second-order valence-corrected chi connectivity index (χ2v) is 4.47. The molecule has 0 aliphatic carbocycles. The highest BCUT2D eigenvalue weighted by atomic mass is 16.2. The minimum Gasteiger partial charge on any atom is -0.305 e. The summed E-state index contributed by atoms with van der Waals surface area (Å²) in [5.74, 6) is 0.287. The van der Waals surface area contributed by atoms with Crippen molar-refractivity contribution in [2.45, 2.75) is 6.92 Å². The number of rotatable bonds is 2. The van der Waals surface area contributed by atoms with Crippen molar-refractivity contribution in [1.29, 1.82) is 0 Å². The van der Waals surface area contributed by atoms with Gasteiger partial charge in [0.2, 0.25) is 0 Å². The molecular formula is C14H13N5O. The van der Waals surface area contributed by atoms with Gasteiger partial charge in [-0.25, -0.2) is 9.97 Å². The molecule has 3 aromatic rings. The predicted octanol–water partition coefficient (Wildman–Crippen LogP) is 1.71. The summed E-state index contributed by atoms with van der Waals surface area (Å²) in [6, 6.07) is 3.88. The molecule has 3 rings (SSSR count). The van der Waals surface area contributed by atoms with Crippen molar-refractivity contribution in [1.82, 2.24) is 19.4 Å². The molecule has 3 heterocycles. The van der Waals surface area contributed by atoms with E-state index in [0.29, 0.717) is 11.5 Å². The van der Waals surface area contributed by atoms with Crippen LogP contribution in [0.15, 0.2) is 43.2 Å². The number of amides is 1. The number of carbonyl (C=O) groups is 1. The summed E-state index contributed by atoms with van der Waals surface area (Å²) >= 11 is 0. The average Bonchev–Trinajstić information content (AvgIpc) is 2.92. The first-order valence-electron chi connectivity index (χ1n) is 6.15. The van der Waals surface area contributed by atoms with E-state index in [1.165, 1.54) is 4.90 Å². The minimum absolute atomic E-state index is 0.206. The highest BCUT2D eigenvalue weighted by Gasteiger charge is 2.20. The summed E-state index contributed by atoms with van der Waals surface area (Å²) in [7, 11) is 1.66. The van der Waals surface area contributed by atoms with Crippen molar-refractivity contribution in [2.75, 3.05) is 11.9 Å². The van der Waals surface area contributed by atoms with Crippen molar-refractivity contribution in [3.05, 3.63) is 54.5 Å². The molecule has 0 saturated carbocycles. The standard InChI is InChI=1S/C14H13N5O/c1-10-4-3-7-19-9-17-12(13(10)19)14(20)18(2)11-8-15-5-6-16-11/h3-9H,1-2H3. The van der Waals surface area contributed by atoms with E-state index in [2.05, 4.69) is 15.0 Å². The fourth-order valence-electron chi connectivity index (χ4n) is 2.11. The lowest BCUT2D eigenvalue weighted by Gasteiger charge is -2.14. The molecule has 0 bridgehead atoms. The first-order valence-corrected chi connectivity index (χ1v) is 6.15. The molecule has 0 spiro atoms. The van der Waals surface area contributed by atoms with Gasteiger partial charge in [0, 0.05) is 25.6 Å². The van der Waals surface area contributed by atoms with E-state index >= 15 is 0 Å². The summed E-state index contributed by atoms with van der Waals surface area (Å²) in [6.45, 7) is 1.95. The fourth-order valence-corrected chi connectivity index (χ4v) is 2.11. The van der Waals surface area contributed by atoms with Gasteiger partial charge < -0.3 is 4.40 Å². The molecular weight excluding hydrogens is 254 g/mol. The topological polar surface area (TPSA) is 63.4 Å². The zero-order valence-corrected chi connectivity index (χ0v) is 11.2. The highest BCUT2D eigenvalue weighted by Crippen LogP contribution is 2.17. The van der Waals surface area contributed by atoms with Crippen LogP contribution in [0.5, 0.6) is 0 Å². The van der Waals surface area contributed by atoms with E-state index in [9.17, 15) is 4.79 Å². The third-order valence-electron chi connectivity index (χ3n) is 3.16. The Labute approximate surface area is 115 Å². The number of hydrogen-bond donors (Lipinski definition) is 0. The minimum atomic E-state index is -0.206. The van der Waals surface area contributed by atoms with Crippen LogP contribution in [0.25, 0.3) is 5.52 Å². The van der Waals surface area contributed by atoms with Crippen molar-refractivity contribution in [3.8, 4) is 0 Å². The van der Waals surface area contributed by atoms with Gasteiger partial charge in [-0.3, -0.25) is 14.7 Å². The predicted molar refractivity (Wildman–Crippen MR) is 74.7 cm³/mol. The Balaban J connectivity index is 2.05. The summed E-state index contributed by atoms with van der Waals surface area (Å²) in [5, 5.41) is 0. The van der Waals surface area contributed by atoms with Gasteiger partial charge in [-0.1, -0.05) is 6.07 Å². The molecule has 0 unspecified atom stereocenters. The normalized spacial score (nSPS) is 10.7. The molecule has 20 heavy (non-hydrogen) atoms.